The largest absolute Gasteiger partial charge is 0.444 e. The van der Waals surface area contributed by atoms with Crippen molar-refractivity contribution in [3.63, 3.8) is 0 Å². The Kier molecular flexibility index (Phi) is 4.85. The van der Waals surface area contributed by atoms with Crippen molar-refractivity contribution in [3.05, 3.63) is 42.0 Å². The van der Waals surface area contributed by atoms with Crippen LogP contribution in [0, 0.1) is 5.82 Å². The normalized spacial score (nSPS) is 18.9. The zero-order valence-corrected chi connectivity index (χ0v) is 12.5. The summed E-state index contributed by atoms with van der Waals surface area (Å²) in [7, 11) is 0. The van der Waals surface area contributed by atoms with Gasteiger partial charge in [0.1, 0.15) is 12.1 Å². The van der Waals surface area contributed by atoms with E-state index in [-0.39, 0.29) is 12.4 Å². The van der Waals surface area contributed by atoms with E-state index < -0.39 is 0 Å². The molecule has 0 radical (unpaired) electrons. The molecule has 0 saturated carbocycles. The summed E-state index contributed by atoms with van der Waals surface area (Å²) >= 11 is 0. The highest BCUT2D eigenvalue weighted by Gasteiger charge is 2.24. The van der Waals surface area contributed by atoms with E-state index in [1.807, 2.05) is 0 Å². The van der Waals surface area contributed by atoms with E-state index in [9.17, 15) is 4.39 Å². The van der Waals surface area contributed by atoms with Crippen molar-refractivity contribution in [2.45, 2.75) is 38.3 Å². The third-order valence-electron chi connectivity index (χ3n) is 4.20. The van der Waals surface area contributed by atoms with Crippen LogP contribution in [0.1, 0.15) is 31.4 Å². The molecular weight excluding hydrogens is 283 g/mol. The summed E-state index contributed by atoms with van der Waals surface area (Å²) in [5.41, 5.74) is 1.68. The van der Waals surface area contributed by atoms with Gasteiger partial charge < -0.3 is 9.52 Å². The fourth-order valence-corrected chi connectivity index (χ4v) is 3.07. The highest BCUT2D eigenvalue weighted by Crippen LogP contribution is 2.25. The minimum Gasteiger partial charge on any atom is -0.444 e. The Morgan fingerprint density at radius 2 is 2.14 bits per heavy atom. The Morgan fingerprint density at radius 3 is 2.91 bits per heavy atom. The fourth-order valence-electron chi connectivity index (χ4n) is 3.07. The number of oxazole rings is 1. The number of aromatic nitrogens is 1. The Morgan fingerprint density at radius 1 is 1.32 bits per heavy atom. The van der Waals surface area contributed by atoms with E-state index in [0.717, 1.165) is 37.2 Å². The molecule has 1 aromatic carbocycles. The molecule has 0 aliphatic carbocycles. The SMILES string of the molecule is OCCCC1CCCN1Cc1coc(-c2ccc(F)cc2)n1. The number of likely N-dealkylation sites (tertiary alicyclic amines) is 1. The lowest BCUT2D eigenvalue weighted by atomic mass is 10.1. The minimum absolute atomic E-state index is 0.253. The van der Waals surface area contributed by atoms with Gasteiger partial charge >= 0.3 is 0 Å². The Bertz CT molecular complexity index is 597. The van der Waals surface area contributed by atoms with Gasteiger partial charge in [-0.05, 0) is 56.5 Å². The second-order valence-electron chi connectivity index (χ2n) is 5.78. The van der Waals surface area contributed by atoms with Gasteiger partial charge in [0, 0.05) is 24.8 Å². The van der Waals surface area contributed by atoms with Gasteiger partial charge in [-0.2, -0.15) is 0 Å². The van der Waals surface area contributed by atoms with Crippen molar-refractivity contribution in [1.29, 1.82) is 0 Å². The molecule has 118 valence electrons. The predicted octanol–water partition coefficient (Wildman–Crippen LogP) is 3.22. The van der Waals surface area contributed by atoms with Crippen LogP contribution in [-0.4, -0.2) is 34.2 Å². The van der Waals surface area contributed by atoms with Crippen LogP contribution in [0.15, 0.2) is 34.9 Å². The first-order valence-electron chi connectivity index (χ1n) is 7.81. The Balaban J connectivity index is 1.65. The molecule has 3 rings (SSSR count). The standard InChI is InChI=1S/C17H21FN2O2/c18-14-7-5-13(6-8-14)17-19-15(12-22-17)11-20-9-1-3-16(20)4-2-10-21/h5-8,12,16,21H,1-4,9-11H2. The fraction of sp³-hybridized carbons (Fsp3) is 0.471. The molecule has 1 aliphatic rings. The summed E-state index contributed by atoms with van der Waals surface area (Å²) in [6.45, 7) is 2.08. The molecule has 4 nitrogen and oxygen atoms in total. The molecule has 2 heterocycles. The van der Waals surface area contributed by atoms with Gasteiger partial charge in [0.25, 0.3) is 0 Å². The van der Waals surface area contributed by atoms with Gasteiger partial charge in [-0.1, -0.05) is 0 Å². The second-order valence-corrected chi connectivity index (χ2v) is 5.78. The number of hydrogen-bond donors (Lipinski definition) is 1. The summed E-state index contributed by atoms with van der Waals surface area (Å²) in [4.78, 5) is 6.91. The quantitative estimate of drug-likeness (QED) is 0.890. The molecular formula is C17H21FN2O2. The number of hydrogen-bond acceptors (Lipinski definition) is 4. The molecule has 22 heavy (non-hydrogen) atoms. The van der Waals surface area contributed by atoms with Gasteiger partial charge in [0.2, 0.25) is 5.89 Å². The van der Waals surface area contributed by atoms with Crippen LogP contribution in [0.25, 0.3) is 11.5 Å². The first kappa shape index (κ1) is 15.2. The first-order valence-corrected chi connectivity index (χ1v) is 7.81. The van der Waals surface area contributed by atoms with Crippen LogP contribution >= 0.6 is 0 Å². The highest BCUT2D eigenvalue weighted by atomic mass is 19.1. The molecule has 0 spiro atoms. The van der Waals surface area contributed by atoms with Gasteiger partial charge in [-0.15, -0.1) is 0 Å². The van der Waals surface area contributed by atoms with Gasteiger partial charge in [-0.3, -0.25) is 4.90 Å². The lowest BCUT2D eigenvalue weighted by Gasteiger charge is -2.22. The zero-order valence-electron chi connectivity index (χ0n) is 12.5. The van der Waals surface area contributed by atoms with E-state index in [4.69, 9.17) is 9.52 Å². The molecule has 1 atom stereocenters. The molecule has 1 unspecified atom stereocenters. The average Bonchev–Trinajstić information content (AvgIpc) is 3.16. The monoisotopic (exact) mass is 304 g/mol. The maximum absolute atomic E-state index is 12.9. The second kappa shape index (κ2) is 7.03. The van der Waals surface area contributed by atoms with E-state index >= 15 is 0 Å². The molecule has 1 N–H and O–H groups in total. The van der Waals surface area contributed by atoms with Crippen LogP contribution in [0.5, 0.6) is 0 Å². The summed E-state index contributed by atoms with van der Waals surface area (Å²) in [5, 5.41) is 8.98. The summed E-state index contributed by atoms with van der Waals surface area (Å²) in [5.74, 6) is 0.264. The average molecular weight is 304 g/mol. The van der Waals surface area contributed by atoms with Crippen molar-refractivity contribution in [3.8, 4) is 11.5 Å². The molecule has 0 amide bonds. The Hall–Kier alpha value is -1.72. The molecule has 2 aromatic rings. The van der Waals surface area contributed by atoms with E-state index in [0.29, 0.717) is 11.9 Å². The third kappa shape index (κ3) is 3.54. The summed E-state index contributed by atoms with van der Waals surface area (Å²) < 4.78 is 18.5. The van der Waals surface area contributed by atoms with Crippen molar-refractivity contribution in [1.82, 2.24) is 9.88 Å². The van der Waals surface area contributed by atoms with Crippen LogP contribution in [0.2, 0.25) is 0 Å². The number of halogens is 1. The van der Waals surface area contributed by atoms with Crippen molar-refractivity contribution >= 4 is 0 Å². The number of nitrogens with zero attached hydrogens (tertiary/aromatic N) is 2. The third-order valence-corrected chi connectivity index (χ3v) is 4.20. The maximum Gasteiger partial charge on any atom is 0.226 e. The topological polar surface area (TPSA) is 49.5 Å². The lowest BCUT2D eigenvalue weighted by molar-refractivity contribution is 0.208. The number of rotatable bonds is 6. The molecule has 5 heteroatoms. The molecule has 1 fully saturated rings. The van der Waals surface area contributed by atoms with Gasteiger partial charge in [-0.25, -0.2) is 9.37 Å². The van der Waals surface area contributed by atoms with Crippen molar-refractivity contribution < 1.29 is 13.9 Å². The van der Waals surface area contributed by atoms with Crippen LogP contribution < -0.4 is 0 Å². The Labute approximate surface area is 129 Å². The smallest absolute Gasteiger partial charge is 0.226 e. The molecule has 1 saturated heterocycles. The van der Waals surface area contributed by atoms with Crippen LogP contribution in [-0.2, 0) is 6.54 Å². The highest BCUT2D eigenvalue weighted by molar-refractivity contribution is 5.52. The molecule has 1 aliphatic heterocycles. The zero-order chi connectivity index (χ0) is 15.4. The predicted molar refractivity (Wildman–Crippen MR) is 81.6 cm³/mol. The number of aliphatic hydroxyl groups is 1. The summed E-state index contributed by atoms with van der Waals surface area (Å²) in [6, 6.07) is 6.68. The van der Waals surface area contributed by atoms with Crippen LogP contribution in [0.4, 0.5) is 4.39 Å². The van der Waals surface area contributed by atoms with E-state index in [2.05, 4.69) is 9.88 Å². The summed E-state index contributed by atoms with van der Waals surface area (Å²) in [6.07, 6.45) is 5.93. The lowest BCUT2D eigenvalue weighted by Crippen LogP contribution is -2.29. The van der Waals surface area contributed by atoms with Gasteiger partial charge in [0.05, 0.1) is 5.69 Å². The van der Waals surface area contributed by atoms with E-state index in [1.165, 1.54) is 25.0 Å². The van der Waals surface area contributed by atoms with Gasteiger partial charge in [0.15, 0.2) is 0 Å². The number of benzene rings is 1. The molecule has 0 bridgehead atoms. The molecule has 1 aromatic heterocycles. The maximum atomic E-state index is 12.9. The number of aliphatic hydroxyl groups excluding tert-OH is 1. The first-order chi connectivity index (χ1) is 10.8. The minimum atomic E-state index is -0.265. The van der Waals surface area contributed by atoms with E-state index in [1.54, 1.807) is 18.4 Å². The van der Waals surface area contributed by atoms with Crippen molar-refractivity contribution in [2.75, 3.05) is 13.2 Å². The van der Waals surface area contributed by atoms with Crippen molar-refractivity contribution in [2.24, 2.45) is 0 Å². The van der Waals surface area contributed by atoms with Crippen LogP contribution in [0.3, 0.4) is 0 Å².